The van der Waals surface area contributed by atoms with Gasteiger partial charge in [0.1, 0.15) is 5.75 Å². The van der Waals surface area contributed by atoms with Gasteiger partial charge in [-0.3, -0.25) is 4.79 Å². The number of aryl methyl sites for hydroxylation is 1. The Kier molecular flexibility index (Phi) is 5.85. The van der Waals surface area contributed by atoms with Crippen LogP contribution in [0.5, 0.6) is 5.75 Å². The molecule has 1 amide bonds. The number of carboxylic acid groups (broad SMARTS) is 1. The minimum Gasteiger partial charge on any atom is -0.481 e. The van der Waals surface area contributed by atoms with Crippen LogP contribution in [0.15, 0.2) is 40.9 Å². The Hall–Kier alpha value is -2.05. The van der Waals surface area contributed by atoms with E-state index in [1.165, 1.54) is 12.1 Å². The highest BCUT2D eigenvalue weighted by atomic mass is 79.9. The van der Waals surface area contributed by atoms with E-state index >= 15 is 0 Å². The maximum atomic E-state index is 12.3. The smallest absolute Gasteiger partial charge is 0.337 e. The number of hydrogen-bond donors (Lipinski definition) is 2. The molecule has 0 unspecified atom stereocenters. The fourth-order valence-electron chi connectivity index (χ4n) is 2.03. The van der Waals surface area contributed by atoms with Gasteiger partial charge in [-0.15, -0.1) is 0 Å². The number of aromatic carboxylic acids is 1. The van der Waals surface area contributed by atoms with Gasteiger partial charge in [-0.2, -0.15) is 0 Å². The summed E-state index contributed by atoms with van der Waals surface area (Å²) >= 11 is 9.10. The molecular weight excluding hydrogens is 398 g/mol. The fraction of sp³-hybridized carbons (Fsp3) is 0.176. The lowest BCUT2D eigenvalue weighted by molar-refractivity contribution is -0.122. The number of carboxylic acids is 1. The molecule has 0 saturated heterocycles. The van der Waals surface area contributed by atoms with Crippen LogP contribution >= 0.6 is 27.5 Å². The van der Waals surface area contributed by atoms with Crippen LogP contribution in [0, 0.1) is 6.92 Å². The number of benzene rings is 2. The van der Waals surface area contributed by atoms with Crippen LogP contribution in [-0.2, 0) is 4.79 Å². The van der Waals surface area contributed by atoms with E-state index in [1.807, 2.05) is 6.92 Å². The summed E-state index contributed by atoms with van der Waals surface area (Å²) in [5.74, 6) is -1.04. The Morgan fingerprint density at radius 2 is 1.96 bits per heavy atom. The highest BCUT2D eigenvalue weighted by Gasteiger charge is 2.19. The van der Waals surface area contributed by atoms with E-state index in [0.29, 0.717) is 15.2 Å². The summed E-state index contributed by atoms with van der Waals surface area (Å²) in [6.45, 7) is 3.41. The standard InChI is InChI=1S/C17H15BrClNO4/c1-9-7-12(19)4-6-15(9)24-10(2)16(21)20-14-5-3-11(18)8-13(14)17(22)23/h3-8,10H,1-2H3,(H,20,21)(H,22,23)/t10-/m1/s1. The molecule has 2 rings (SSSR count). The third-order valence-corrected chi connectivity index (χ3v) is 4.01. The van der Waals surface area contributed by atoms with E-state index in [1.54, 1.807) is 31.2 Å². The number of ether oxygens (including phenoxy) is 1. The number of anilines is 1. The Labute approximate surface area is 152 Å². The second-order valence-electron chi connectivity index (χ2n) is 5.15. The number of carbonyl (C=O) groups excluding carboxylic acids is 1. The first kappa shape index (κ1) is 18.3. The topological polar surface area (TPSA) is 75.6 Å². The molecule has 0 aromatic heterocycles. The van der Waals surface area contributed by atoms with Crippen LogP contribution in [0.3, 0.4) is 0 Å². The van der Waals surface area contributed by atoms with E-state index in [-0.39, 0.29) is 11.3 Å². The van der Waals surface area contributed by atoms with E-state index in [0.717, 1.165) is 5.56 Å². The van der Waals surface area contributed by atoms with Crippen molar-refractivity contribution in [3.05, 3.63) is 57.0 Å². The van der Waals surface area contributed by atoms with Gasteiger partial charge in [-0.1, -0.05) is 27.5 Å². The number of carbonyl (C=O) groups is 2. The van der Waals surface area contributed by atoms with E-state index < -0.39 is 18.0 Å². The van der Waals surface area contributed by atoms with Gasteiger partial charge in [0.2, 0.25) is 0 Å². The average Bonchev–Trinajstić information content (AvgIpc) is 2.51. The lowest BCUT2D eigenvalue weighted by Gasteiger charge is -2.17. The van der Waals surface area contributed by atoms with Crippen LogP contribution in [0.1, 0.15) is 22.8 Å². The van der Waals surface area contributed by atoms with E-state index in [2.05, 4.69) is 21.2 Å². The number of nitrogens with one attached hydrogen (secondary N) is 1. The van der Waals surface area contributed by atoms with Crippen LogP contribution in [-0.4, -0.2) is 23.1 Å². The monoisotopic (exact) mass is 411 g/mol. The highest BCUT2D eigenvalue weighted by Crippen LogP contribution is 2.24. The number of halogens is 2. The summed E-state index contributed by atoms with van der Waals surface area (Å²) in [6.07, 6.45) is -0.810. The van der Waals surface area contributed by atoms with Crippen molar-refractivity contribution in [3.8, 4) is 5.75 Å². The molecule has 2 N–H and O–H groups in total. The van der Waals surface area contributed by atoms with Crippen molar-refractivity contribution < 1.29 is 19.4 Å². The Morgan fingerprint density at radius 1 is 1.25 bits per heavy atom. The van der Waals surface area contributed by atoms with E-state index in [4.69, 9.17) is 16.3 Å². The predicted molar refractivity (Wildman–Crippen MR) is 96.0 cm³/mol. The quantitative estimate of drug-likeness (QED) is 0.757. The van der Waals surface area contributed by atoms with E-state index in [9.17, 15) is 14.7 Å². The molecule has 0 aliphatic rings. The first-order valence-corrected chi connectivity index (χ1v) is 8.21. The molecule has 0 saturated carbocycles. The normalized spacial score (nSPS) is 11.7. The van der Waals surface area contributed by atoms with Crippen molar-refractivity contribution in [2.45, 2.75) is 20.0 Å². The number of rotatable bonds is 5. The van der Waals surface area contributed by atoms with Gasteiger partial charge < -0.3 is 15.2 Å². The van der Waals surface area contributed by atoms with Gasteiger partial charge in [-0.25, -0.2) is 4.79 Å². The second-order valence-corrected chi connectivity index (χ2v) is 6.51. The highest BCUT2D eigenvalue weighted by molar-refractivity contribution is 9.10. The fourth-order valence-corrected chi connectivity index (χ4v) is 2.61. The van der Waals surface area contributed by atoms with Gasteiger partial charge in [-0.05, 0) is 55.8 Å². The lowest BCUT2D eigenvalue weighted by atomic mass is 10.1. The molecule has 0 radical (unpaired) electrons. The van der Waals surface area contributed by atoms with Gasteiger partial charge >= 0.3 is 5.97 Å². The summed E-state index contributed by atoms with van der Waals surface area (Å²) in [5, 5.41) is 12.4. The van der Waals surface area contributed by atoms with Crippen molar-refractivity contribution in [1.82, 2.24) is 0 Å². The minimum atomic E-state index is -1.13. The largest absolute Gasteiger partial charge is 0.481 e. The molecule has 0 spiro atoms. The number of hydrogen-bond acceptors (Lipinski definition) is 3. The lowest BCUT2D eigenvalue weighted by Crippen LogP contribution is -2.31. The minimum absolute atomic E-state index is 0.00685. The van der Waals surface area contributed by atoms with Gasteiger partial charge in [0.05, 0.1) is 11.3 Å². The third kappa shape index (κ3) is 4.49. The first-order valence-electron chi connectivity index (χ1n) is 7.04. The van der Waals surface area contributed by atoms with Crippen molar-refractivity contribution in [3.63, 3.8) is 0 Å². The summed E-state index contributed by atoms with van der Waals surface area (Å²) in [7, 11) is 0. The second kappa shape index (κ2) is 7.68. The van der Waals surface area contributed by atoms with Crippen LogP contribution in [0.2, 0.25) is 5.02 Å². The molecule has 1 atom stereocenters. The maximum Gasteiger partial charge on any atom is 0.337 e. The summed E-state index contributed by atoms with van der Waals surface area (Å²) in [5.41, 5.74) is 1.00. The molecule has 7 heteroatoms. The summed E-state index contributed by atoms with van der Waals surface area (Å²) < 4.78 is 6.24. The summed E-state index contributed by atoms with van der Waals surface area (Å²) in [4.78, 5) is 23.6. The molecule has 24 heavy (non-hydrogen) atoms. The Morgan fingerprint density at radius 3 is 2.58 bits per heavy atom. The van der Waals surface area contributed by atoms with Crippen LogP contribution in [0.25, 0.3) is 0 Å². The molecule has 0 aliphatic carbocycles. The Balaban J connectivity index is 2.13. The SMILES string of the molecule is Cc1cc(Cl)ccc1O[C@H](C)C(=O)Nc1ccc(Br)cc1C(=O)O. The molecule has 126 valence electrons. The van der Waals surface area contributed by atoms with Crippen molar-refractivity contribution in [2.24, 2.45) is 0 Å². The van der Waals surface area contributed by atoms with Gasteiger partial charge in [0, 0.05) is 9.50 Å². The zero-order valence-electron chi connectivity index (χ0n) is 13.0. The average molecular weight is 413 g/mol. The summed E-state index contributed by atoms with van der Waals surface area (Å²) in [6, 6.07) is 9.68. The van der Waals surface area contributed by atoms with Gasteiger partial charge in [0.15, 0.2) is 6.10 Å². The zero-order chi connectivity index (χ0) is 17.9. The molecular formula is C17H15BrClNO4. The molecule has 2 aromatic rings. The molecule has 0 fully saturated rings. The van der Waals surface area contributed by atoms with Crippen LogP contribution < -0.4 is 10.1 Å². The molecule has 0 heterocycles. The molecule has 2 aromatic carbocycles. The Bertz CT molecular complexity index is 794. The maximum absolute atomic E-state index is 12.3. The number of amides is 1. The van der Waals surface area contributed by atoms with Crippen molar-refractivity contribution >= 4 is 45.1 Å². The van der Waals surface area contributed by atoms with Crippen LogP contribution in [0.4, 0.5) is 5.69 Å². The van der Waals surface area contributed by atoms with Crippen molar-refractivity contribution in [2.75, 3.05) is 5.32 Å². The predicted octanol–water partition coefficient (Wildman–Crippen LogP) is 4.52. The first-order chi connectivity index (χ1) is 11.3. The molecule has 0 aliphatic heterocycles. The zero-order valence-corrected chi connectivity index (χ0v) is 15.3. The van der Waals surface area contributed by atoms with Crippen molar-refractivity contribution in [1.29, 1.82) is 0 Å². The molecule has 5 nitrogen and oxygen atoms in total. The molecule has 0 bridgehead atoms. The van der Waals surface area contributed by atoms with Gasteiger partial charge in [0.25, 0.3) is 5.91 Å². The third-order valence-electron chi connectivity index (χ3n) is 3.28.